The molecule has 1 rings (SSSR count). The van der Waals surface area contributed by atoms with Crippen LogP contribution in [0.1, 0.15) is 0 Å². The van der Waals surface area contributed by atoms with Crippen LogP contribution >= 0.6 is 0 Å². The lowest BCUT2D eigenvalue weighted by Gasteiger charge is -2.44. The zero-order valence-corrected chi connectivity index (χ0v) is 20.1. The molecule has 14 heteroatoms. The van der Waals surface area contributed by atoms with E-state index in [4.69, 9.17) is 47.4 Å². The van der Waals surface area contributed by atoms with Gasteiger partial charge in [0.05, 0.1) is 6.61 Å². The van der Waals surface area contributed by atoms with Gasteiger partial charge in [-0.3, -0.25) is 0 Å². The van der Waals surface area contributed by atoms with Crippen LogP contribution in [0.5, 0.6) is 0 Å². The molecular formula is C21H32O14. The Hall–Kier alpha value is -2.62. The van der Waals surface area contributed by atoms with Crippen LogP contribution < -0.4 is 0 Å². The van der Waals surface area contributed by atoms with Crippen molar-refractivity contribution < 1.29 is 66.5 Å². The van der Waals surface area contributed by atoms with Gasteiger partial charge in [-0.2, -0.15) is 0 Å². The van der Waals surface area contributed by atoms with Gasteiger partial charge in [0.2, 0.25) is 0 Å². The van der Waals surface area contributed by atoms with E-state index in [1.807, 2.05) is 0 Å². The molecule has 0 radical (unpaired) electrons. The first-order valence-electron chi connectivity index (χ1n) is 10.4. The molecule has 0 aromatic rings. The number of ether oxygens (including phenoxy) is 10. The van der Waals surface area contributed by atoms with Crippen LogP contribution in [0.3, 0.4) is 0 Å². The Labute approximate surface area is 202 Å². The molecule has 0 N–H and O–H groups in total. The van der Waals surface area contributed by atoms with E-state index in [1.165, 1.54) is 34.5 Å². The first-order valence-corrected chi connectivity index (χ1v) is 10.4. The van der Waals surface area contributed by atoms with Gasteiger partial charge in [-0.15, -0.1) is 6.58 Å². The van der Waals surface area contributed by atoms with E-state index in [9.17, 15) is 19.2 Å². The van der Waals surface area contributed by atoms with E-state index in [1.54, 1.807) is 0 Å². The smallest absolute Gasteiger partial charge is 0.332 e. The average molecular weight is 508 g/mol. The number of hydrogen-bond donors (Lipinski definition) is 0. The maximum Gasteiger partial charge on any atom is 0.332 e. The predicted octanol–water partition coefficient (Wildman–Crippen LogP) is -1.22. The summed E-state index contributed by atoms with van der Waals surface area (Å²) in [5.41, 5.74) is 0. The van der Waals surface area contributed by atoms with E-state index in [2.05, 4.69) is 6.58 Å². The molecule has 1 aliphatic rings. The Kier molecular flexibility index (Phi) is 14.7. The number of carbonyl (C=O) groups excluding carboxylic acids is 4. The molecule has 14 nitrogen and oxygen atoms in total. The van der Waals surface area contributed by atoms with Crippen LogP contribution in [-0.4, -0.2) is 123 Å². The van der Waals surface area contributed by atoms with Crippen LogP contribution in [-0.2, 0) is 66.5 Å². The highest BCUT2D eigenvalue weighted by atomic mass is 16.7. The minimum Gasteiger partial charge on any atom is -0.461 e. The maximum absolute atomic E-state index is 12.3. The van der Waals surface area contributed by atoms with Gasteiger partial charge >= 0.3 is 23.9 Å². The van der Waals surface area contributed by atoms with Crippen molar-refractivity contribution in [3.05, 3.63) is 12.7 Å². The Morgan fingerprint density at radius 1 is 0.714 bits per heavy atom. The lowest BCUT2D eigenvalue weighted by atomic mass is 9.98. The van der Waals surface area contributed by atoms with Gasteiger partial charge in [0.25, 0.3) is 0 Å². The van der Waals surface area contributed by atoms with Crippen molar-refractivity contribution in [1.82, 2.24) is 0 Å². The quantitative estimate of drug-likeness (QED) is 0.139. The highest BCUT2D eigenvalue weighted by Crippen LogP contribution is 2.30. The van der Waals surface area contributed by atoms with Crippen molar-refractivity contribution in [3.63, 3.8) is 0 Å². The number of esters is 4. The van der Waals surface area contributed by atoms with Crippen LogP contribution in [0.25, 0.3) is 0 Å². The van der Waals surface area contributed by atoms with Gasteiger partial charge in [-0.25, -0.2) is 19.2 Å². The Morgan fingerprint density at radius 3 is 1.66 bits per heavy atom. The highest BCUT2D eigenvalue weighted by molar-refractivity contribution is 5.73. The standard InChI is InChI=1S/C21H32O14/c1-6-7-30-21-20(35-17(25)12-29-5)19(34-16(24)11-28-4)18(33-15(23)10-27-3)13(32-21)8-31-14(22)9-26-2/h6,13,18-21H,1,7-12H2,2-5H3/t13-,18-,19+,20-,21+/m1/s1. The molecule has 5 atom stereocenters. The molecule has 0 saturated carbocycles. The first-order chi connectivity index (χ1) is 16.8. The first kappa shape index (κ1) is 30.4. The lowest BCUT2D eigenvalue weighted by molar-refractivity contribution is -0.307. The van der Waals surface area contributed by atoms with Crippen molar-refractivity contribution >= 4 is 23.9 Å². The highest BCUT2D eigenvalue weighted by Gasteiger charge is 2.53. The number of carbonyl (C=O) groups is 4. The second kappa shape index (κ2) is 16.9. The summed E-state index contributed by atoms with van der Waals surface area (Å²) in [6.45, 7) is 1.37. The Balaban J connectivity index is 3.37. The molecule has 1 aliphatic heterocycles. The van der Waals surface area contributed by atoms with Gasteiger partial charge in [0, 0.05) is 28.4 Å². The zero-order valence-electron chi connectivity index (χ0n) is 20.1. The van der Waals surface area contributed by atoms with Crippen molar-refractivity contribution in [1.29, 1.82) is 0 Å². The van der Waals surface area contributed by atoms with Crippen molar-refractivity contribution in [3.8, 4) is 0 Å². The monoisotopic (exact) mass is 508 g/mol. The molecule has 35 heavy (non-hydrogen) atoms. The summed E-state index contributed by atoms with van der Waals surface area (Å²) >= 11 is 0. The normalized spacial score (nSPS) is 23.7. The fraction of sp³-hybridized carbons (Fsp3) is 0.714. The molecule has 1 saturated heterocycles. The van der Waals surface area contributed by atoms with Crippen LogP contribution in [0.4, 0.5) is 0 Å². The van der Waals surface area contributed by atoms with Gasteiger partial charge < -0.3 is 47.4 Å². The molecule has 0 aromatic heterocycles. The van der Waals surface area contributed by atoms with Crippen LogP contribution in [0.15, 0.2) is 12.7 Å². The van der Waals surface area contributed by atoms with Gasteiger partial charge in [0.1, 0.15) is 39.1 Å². The second-order valence-electron chi connectivity index (χ2n) is 6.94. The molecule has 0 aromatic carbocycles. The SMILES string of the molecule is C=CCO[C@H]1O[C@H](COC(=O)COC)[C@@H](OC(=O)COC)[C@H](OC(=O)COC)[C@H]1OC(=O)COC. The summed E-state index contributed by atoms with van der Waals surface area (Å²) in [7, 11) is 5.12. The summed E-state index contributed by atoms with van der Waals surface area (Å²) in [5, 5.41) is 0. The van der Waals surface area contributed by atoms with Crippen LogP contribution in [0.2, 0.25) is 0 Å². The minimum absolute atomic E-state index is 0.0496. The molecule has 0 bridgehead atoms. The Morgan fingerprint density at radius 2 is 1.17 bits per heavy atom. The second-order valence-corrected chi connectivity index (χ2v) is 6.94. The van der Waals surface area contributed by atoms with E-state index < -0.39 is 81.0 Å². The number of rotatable bonds is 16. The van der Waals surface area contributed by atoms with Crippen molar-refractivity contribution in [2.24, 2.45) is 0 Å². The van der Waals surface area contributed by atoms with Gasteiger partial charge in [-0.1, -0.05) is 6.08 Å². The van der Waals surface area contributed by atoms with Crippen molar-refractivity contribution in [2.45, 2.75) is 30.7 Å². The molecule has 0 amide bonds. The summed E-state index contributed by atoms with van der Waals surface area (Å²) in [6, 6.07) is 0. The fourth-order valence-electron chi connectivity index (χ4n) is 2.96. The molecule has 0 spiro atoms. The molecule has 1 heterocycles. The maximum atomic E-state index is 12.3. The molecule has 0 aliphatic carbocycles. The number of hydrogen-bond acceptors (Lipinski definition) is 14. The topological polar surface area (TPSA) is 161 Å². The van der Waals surface area contributed by atoms with Gasteiger partial charge in [0.15, 0.2) is 24.6 Å². The number of methoxy groups -OCH3 is 4. The molecule has 0 unspecified atom stereocenters. The van der Waals surface area contributed by atoms with Gasteiger partial charge in [-0.05, 0) is 0 Å². The minimum atomic E-state index is -1.45. The molecular weight excluding hydrogens is 476 g/mol. The van der Waals surface area contributed by atoms with E-state index in [0.29, 0.717) is 0 Å². The fourth-order valence-corrected chi connectivity index (χ4v) is 2.96. The summed E-state index contributed by atoms with van der Waals surface area (Å²) < 4.78 is 51.9. The molecule has 200 valence electrons. The van der Waals surface area contributed by atoms with Crippen LogP contribution in [0, 0.1) is 0 Å². The summed E-state index contributed by atoms with van der Waals surface area (Å²) in [4.78, 5) is 48.7. The summed E-state index contributed by atoms with van der Waals surface area (Å²) in [5.74, 6) is -3.29. The van der Waals surface area contributed by atoms with E-state index >= 15 is 0 Å². The largest absolute Gasteiger partial charge is 0.461 e. The Bertz CT molecular complexity index is 696. The lowest BCUT2D eigenvalue weighted by Crippen LogP contribution is -2.63. The summed E-state index contributed by atoms with van der Waals surface area (Å²) in [6.07, 6.45) is -5.40. The molecule has 1 fully saturated rings. The third kappa shape index (κ3) is 10.7. The third-order valence-electron chi connectivity index (χ3n) is 4.23. The van der Waals surface area contributed by atoms with E-state index in [0.717, 1.165) is 0 Å². The van der Waals surface area contributed by atoms with E-state index in [-0.39, 0.29) is 13.2 Å². The predicted molar refractivity (Wildman–Crippen MR) is 113 cm³/mol. The third-order valence-corrected chi connectivity index (χ3v) is 4.23. The van der Waals surface area contributed by atoms with Crippen molar-refractivity contribution in [2.75, 3.05) is 68.1 Å². The zero-order chi connectivity index (χ0) is 26.2. The average Bonchev–Trinajstić information content (AvgIpc) is 2.80.